The molecule has 0 bridgehead atoms. The predicted molar refractivity (Wildman–Crippen MR) is 107 cm³/mol. The number of esters is 1. The van der Waals surface area contributed by atoms with E-state index >= 15 is 0 Å². The van der Waals surface area contributed by atoms with Crippen LogP contribution in [0.1, 0.15) is 47.1 Å². The Morgan fingerprint density at radius 2 is 1.70 bits per heavy atom. The van der Waals surface area contributed by atoms with E-state index in [9.17, 15) is 9.59 Å². The number of nitrogens with one attached hydrogen (secondary N) is 1. The van der Waals surface area contributed by atoms with E-state index in [0.29, 0.717) is 23.0 Å². The maximum atomic E-state index is 12.1. The zero-order chi connectivity index (χ0) is 19.8. The number of aryl methyl sites for hydroxylation is 2. The fraction of sp³-hybridized carbons (Fsp3) is 0.400. The Hall–Kier alpha value is -2.41. The van der Waals surface area contributed by atoms with Gasteiger partial charge in [0.1, 0.15) is 0 Å². The number of anilines is 1. The Labute approximate surface area is 164 Å². The molecule has 27 heavy (non-hydrogen) atoms. The molecule has 1 amide bonds. The minimum atomic E-state index is -0.348. The number of ether oxygens (including phenoxy) is 1. The van der Waals surface area contributed by atoms with Crippen molar-refractivity contribution in [3.8, 4) is 0 Å². The van der Waals surface area contributed by atoms with Gasteiger partial charge in [-0.2, -0.15) is 0 Å². The Balaban J connectivity index is 1.86. The highest BCUT2D eigenvalue weighted by molar-refractivity contribution is 7.99. The van der Waals surface area contributed by atoms with Gasteiger partial charge in [-0.1, -0.05) is 25.1 Å². The molecule has 0 saturated heterocycles. The highest BCUT2D eigenvalue weighted by Gasteiger charge is 2.10. The van der Waals surface area contributed by atoms with Gasteiger partial charge in [0.15, 0.2) is 5.16 Å². The predicted octanol–water partition coefficient (Wildman–Crippen LogP) is 4.09. The van der Waals surface area contributed by atoms with E-state index in [2.05, 4.69) is 15.3 Å². The molecule has 0 spiro atoms. The summed E-state index contributed by atoms with van der Waals surface area (Å²) in [4.78, 5) is 32.8. The Morgan fingerprint density at radius 1 is 1.07 bits per heavy atom. The second-order valence-corrected chi connectivity index (χ2v) is 7.15. The van der Waals surface area contributed by atoms with Gasteiger partial charge in [-0.05, 0) is 57.0 Å². The summed E-state index contributed by atoms with van der Waals surface area (Å²) in [7, 11) is 0. The van der Waals surface area contributed by atoms with E-state index < -0.39 is 0 Å². The third-order valence-electron chi connectivity index (χ3n) is 4.08. The highest BCUT2D eigenvalue weighted by Crippen LogP contribution is 2.18. The van der Waals surface area contributed by atoms with Crippen LogP contribution in [0.5, 0.6) is 0 Å². The second-order valence-electron chi connectivity index (χ2n) is 6.21. The molecule has 0 aliphatic heterocycles. The number of rotatable bonds is 8. The van der Waals surface area contributed by atoms with Gasteiger partial charge >= 0.3 is 5.97 Å². The minimum absolute atomic E-state index is 0.155. The van der Waals surface area contributed by atoms with Crippen molar-refractivity contribution in [2.24, 2.45) is 0 Å². The molecule has 1 aromatic carbocycles. The SMILES string of the molecule is CCCCOC(=O)c1ccc(NC(=O)CSc2nc(C)c(C)c(C)n2)cc1. The first-order valence-corrected chi connectivity index (χ1v) is 9.91. The normalized spacial score (nSPS) is 10.5. The molecule has 0 unspecified atom stereocenters. The molecule has 0 aliphatic rings. The van der Waals surface area contributed by atoms with Crippen LogP contribution < -0.4 is 5.32 Å². The third-order valence-corrected chi connectivity index (χ3v) is 4.93. The van der Waals surface area contributed by atoms with Crippen LogP contribution in [-0.4, -0.2) is 34.2 Å². The molecule has 1 heterocycles. The van der Waals surface area contributed by atoms with E-state index in [-0.39, 0.29) is 17.6 Å². The number of unbranched alkanes of at least 4 members (excludes halogenated alkanes) is 1. The van der Waals surface area contributed by atoms with Crippen molar-refractivity contribution < 1.29 is 14.3 Å². The lowest BCUT2D eigenvalue weighted by Crippen LogP contribution is -2.15. The van der Waals surface area contributed by atoms with E-state index in [4.69, 9.17) is 4.74 Å². The molecule has 0 atom stereocenters. The molecule has 7 heteroatoms. The van der Waals surface area contributed by atoms with Gasteiger partial charge in [0.05, 0.1) is 17.9 Å². The van der Waals surface area contributed by atoms with Crippen LogP contribution in [-0.2, 0) is 9.53 Å². The topological polar surface area (TPSA) is 81.2 Å². The summed E-state index contributed by atoms with van der Waals surface area (Å²) in [5.41, 5.74) is 4.01. The molecule has 144 valence electrons. The summed E-state index contributed by atoms with van der Waals surface area (Å²) in [6, 6.07) is 6.67. The quantitative estimate of drug-likeness (QED) is 0.318. The smallest absolute Gasteiger partial charge is 0.338 e. The highest BCUT2D eigenvalue weighted by atomic mass is 32.2. The van der Waals surface area contributed by atoms with E-state index in [1.807, 2.05) is 27.7 Å². The van der Waals surface area contributed by atoms with Gasteiger partial charge in [-0.15, -0.1) is 0 Å². The number of carbonyl (C=O) groups is 2. The zero-order valence-electron chi connectivity index (χ0n) is 16.2. The first-order valence-electron chi connectivity index (χ1n) is 8.92. The van der Waals surface area contributed by atoms with Crippen LogP contribution in [0.2, 0.25) is 0 Å². The number of benzene rings is 1. The fourth-order valence-corrected chi connectivity index (χ4v) is 2.95. The largest absolute Gasteiger partial charge is 0.462 e. The summed E-state index contributed by atoms with van der Waals surface area (Å²) in [5.74, 6) is -0.292. The summed E-state index contributed by atoms with van der Waals surface area (Å²) in [5, 5.41) is 3.40. The molecule has 0 aliphatic carbocycles. The molecule has 0 radical (unpaired) electrons. The average molecular weight is 388 g/mol. The van der Waals surface area contributed by atoms with Gasteiger partial charge in [-0.25, -0.2) is 14.8 Å². The molecule has 1 N–H and O–H groups in total. The number of hydrogen-bond acceptors (Lipinski definition) is 6. The Morgan fingerprint density at radius 3 is 2.30 bits per heavy atom. The molecule has 0 fully saturated rings. The van der Waals surface area contributed by atoms with Crippen molar-refractivity contribution in [2.75, 3.05) is 17.7 Å². The summed E-state index contributed by atoms with van der Waals surface area (Å²) in [6.07, 6.45) is 1.82. The van der Waals surface area contributed by atoms with Gasteiger partial charge in [-0.3, -0.25) is 4.79 Å². The van der Waals surface area contributed by atoms with Gasteiger partial charge in [0.25, 0.3) is 0 Å². The lowest BCUT2D eigenvalue weighted by Gasteiger charge is -2.08. The lowest BCUT2D eigenvalue weighted by atomic mass is 10.2. The monoisotopic (exact) mass is 387 g/mol. The lowest BCUT2D eigenvalue weighted by molar-refractivity contribution is -0.113. The summed E-state index contributed by atoms with van der Waals surface area (Å²) in [6.45, 7) is 8.31. The van der Waals surface area contributed by atoms with Gasteiger partial charge in [0, 0.05) is 17.1 Å². The number of amides is 1. The molecule has 6 nitrogen and oxygen atoms in total. The Bertz CT molecular complexity index is 784. The number of carbonyl (C=O) groups excluding carboxylic acids is 2. The van der Waals surface area contributed by atoms with Crippen molar-refractivity contribution in [1.82, 2.24) is 9.97 Å². The van der Waals surface area contributed by atoms with Gasteiger partial charge < -0.3 is 10.1 Å². The number of nitrogens with zero attached hydrogens (tertiary/aromatic N) is 2. The number of thioether (sulfide) groups is 1. The zero-order valence-corrected chi connectivity index (χ0v) is 17.0. The molecule has 1 aromatic heterocycles. The van der Waals surface area contributed by atoms with E-state index in [1.54, 1.807) is 24.3 Å². The molecular formula is C20H25N3O3S. The van der Waals surface area contributed by atoms with Crippen LogP contribution in [0, 0.1) is 20.8 Å². The van der Waals surface area contributed by atoms with E-state index in [0.717, 1.165) is 29.8 Å². The van der Waals surface area contributed by atoms with Crippen LogP contribution in [0.3, 0.4) is 0 Å². The average Bonchev–Trinajstić information content (AvgIpc) is 2.65. The fourth-order valence-electron chi connectivity index (χ4n) is 2.22. The number of aromatic nitrogens is 2. The third kappa shape index (κ3) is 6.36. The number of hydrogen-bond donors (Lipinski definition) is 1. The van der Waals surface area contributed by atoms with Crippen molar-refractivity contribution in [3.05, 3.63) is 46.8 Å². The van der Waals surface area contributed by atoms with E-state index in [1.165, 1.54) is 11.8 Å². The first-order chi connectivity index (χ1) is 12.9. The maximum Gasteiger partial charge on any atom is 0.338 e. The van der Waals surface area contributed by atoms with Crippen molar-refractivity contribution >= 4 is 29.3 Å². The molecule has 0 saturated carbocycles. The summed E-state index contributed by atoms with van der Waals surface area (Å²) < 4.78 is 5.16. The van der Waals surface area contributed by atoms with Gasteiger partial charge in [0.2, 0.25) is 5.91 Å². The van der Waals surface area contributed by atoms with Crippen LogP contribution in [0.4, 0.5) is 5.69 Å². The Kier molecular flexibility index (Phi) is 7.79. The van der Waals surface area contributed by atoms with Crippen LogP contribution in [0.15, 0.2) is 29.4 Å². The first kappa shape index (κ1) is 20.9. The minimum Gasteiger partial charge on any atom is -0.462 e. The van der Waals surface area contributed by atoms with Crippen LogP contribution >= 0.6 is 11.8 Å². The summed E-state index contributed by atoms with van der Waals surface area (Å²) >= 11 is 1.30. The van der Waals surface area contributed by atoms with Crippen LogP contribution in [0.25, 0.3) is 0 Å². The van der Waals surface area contributed by atoms with Crippen molar-refractivity contribution in [1.29, 1.82) is 0 Å². The molecular weight excluding hydrogens is 362 g/mol. The molecule has 2 rings (SSSR count). The van der Waals surface area contributed by atoms with Crippen molar-refractivity contribution in [3.63, 3.8) is 0 Å². The maximum absolute atomic E-state index is 12.1. The second kappa shape index (κ2) is 10.1. The van der Waals surface area contributed by atoms with Crippen molar-refractivity contribution in [2.45, 2.75) is 45.7 Å². The standard InChI is InChI=1S/C20H25N3O3S/c1-5-6-11-26-19(25)16-7-9-17(10-8-16)23-18(24)12-27-20-21-14(3)13(2)15(4)22-20/h7-10H,5-6,11-12H2,1-4H3,(H,23,24). The molecule has 2 aromatic rings.